The highest BCUT2D eigenvalue weighted by atomic mass is 35.5. The van der Waals surface area contributed by atoms with Crippen LogP contribution in [0.25, 0.3) is 0 Å². The zero-order valence-electron chi connectivity index (χ0n) is 19.2. The molecule has 28 heavy (non-hydrogen) atoms. The molecule has 1 unspecified atom stereocenters. The lowest BCUT2D eigenvalue weighted by Gasteiger charge is -2.39. The molecule has 8 heteroatoms. The average molecular weight is 419 g/mol. The van der Waals surface area contributed by atoms with Crippen molar-refractivity contribution in [2.45, 2.75) is 74.0 Å². The van der Waals surface area contributed by atoms with Crippen molar-refractivity contribution in [1.82, 2.24) is 14.9 Å². The summed E-state index contributed by atoms with van der Waals surface area (Å²) in [5.74, 6) is 1.03. The molecule has 7 nitrogen and oxygen atoms in total. The van der Waals surface area contributed by atoms with Gasteiger partial charge in [-0.1, -0.05) is 39.3 Å². The number of H-pyrrole nitrogens is 1. The highest BCUT2D eigenvalue weighted by molar-refractivity contribution is 6.32. The molecule has 1 aliphatic heterocycles. The maximum Gasteiger partial charge on any atom is 0.271 e. The third-order valence-electron chi connectivity index (χ3n) is 3.66. The van der Waals surface area contributed by atoms with Crippen molar-refractivity contribution in [2.24, 2.45) is 0 Å². The number of aromatic nitrogens is 2. The number of piperazine rings is 1. The summed E-state index contributed by atoms with van der Waals surface area (Å²) in [6.45, 7) is 19.6. The van der Waals surface area contributed by atoms with Crippen LogP contribution >= 0.6 is 11.6 Å². The van der Waals surface area contributed by atoms with Crippen molar-refractivity contribution in [3.63, 3.8) is 0 Å². The Bertz CT molecular complexity index is 614. The van der Waals surface area contributed by atoms with Crippen molar-refractivity contribution in [3.8, 4) is 0 Å². The highest BCUT2D eigenvalue weighted by Crippen LogP contribution is 2.23. The van der Waals surface area contributed by atoms with Gasteiger partial charge in [0.1, 0.15) is 10.8 Å². The van der Waals surface area contributed by atoms with Crippen molar-refractivity contribution >= 4 is 23.8 Å². The molecule has 1 aromatic heterocycles. The van der Waals surface area contributed by atoms with E-state index < -0.39 is 0 Å². The fourth-order valence-electron chi connectivity index (χ4n) is 2.14. The van der Waals surface area contributed by atoms with Gasteiger partial charge in [-0.2, -0.15) is 0 Å². The van der Waals surface area contributed by atoms with Gasteiger partial charge in [-0.25, -0.2) is 4.98 Å². The minimum Gasteiger partial charge on any atom is -0.379 e. The summed E-state index contributed by atoms with van der Waals surface area (Å²) in [4.78, 5) is 32.9. The SMILES string of the molecule is CC.CC.COC(C)(C)C.Cc1nc(N2CCN(C=O)CC2C)c(Cl)c(=O)[nH]1. The van der Waals surface area contributed by atoms with Crippen LogP contribution in [-0.2, 0) is 9.53 Å². The van der Waals surface area contributed by atoms with E-state index in [2.05, 4.69) is 9.97 Å². The predicted octanol–water partition coefficient (Wildman–Crippen LogP) is 3.88. The minimum absolute atomic E-state index is 0.0417. The molecule has 1 aromatic rings. The molecule has 2 heterocycles. The van der Waals surface area contributed by atoms with Gasteiger partial charge in [0.25, 0.3) is 5.56 Å². The summed E-state index contributed by atoms with van der Waals surface area (Å²) < 4.78 is 4.94. The van der Waals surface area contributed by atoms with Gasteiger partial charge in [0.05, 0.1) is 5.60 Å². The Labute approximate surface area is 175 Å². The van der Waals surface area contributed by atoms with Crippen molar-refractivity contribution in [2.75, 3.05) is 31.6 Å². The molecule has 1 N–H and O–H groups in total. The van der Waals surface area contributed by atoms with Crippen molar-refractivity contribution < 1.29 is 9.53 Å². The number of aryl methyl sites for hydroxylation is 1. The van der Waals surface area contributed by atoms with E-state index in [1.165, 1.54) is 0 Å². The maximum absolute atomic E-state index is 11.6. The number of hydrogen-bond acceptors (Lipinski definition) is 5. The number of anilines is 1. The zero-order valence-corrected chi connectivity index (χ0v) is 20.0. The van der Waals surface area contributed by atoms with Crippen LogP contribution in [0.2, 0.25) is 5.02 Å². The fourth-order valence-corrected chi connectivity index (χ4v) is 2.34. The molecule has 0 saturated carbocycles. The van der Waals surface area contributed by atoms with E-state index in [4.69, 9.17) is 16.3 Å². The number of aromatic amines is 1. The summed E-state index contributed by atoms with van der Waals surface area (Å²) in [5, 5.41) is 0.104. The predicted molar refractivity (Wildman–Crippen MR) is 119 cm³/mol. The van der Waals surface area contributed by atoms with Crippen molar-refractivity contribution in [3.05, 3.63) is 21.2 Å². The summed E-state index contributed by atoms with van der Waals surface area (Å²) in [7, 11) is 1.71. The molecule has 2 rings (SSSR count). The molecule has 0 radical (unpaired) electrons. The summed E-state index contributed by atoms with van der Waals surface area (Å²) in [5.41, 5.74) is -0.288. The van der Waals surface area contributed by atoms with Gasteiger partial charge >= 0.3 is 0 Å². The Hall–Kier alpha value is -1.60. The first-order valence-corrected chi connectivity index (χ1v) is 10.2. The molecule has 1 amide bonds. The number of nitrogens with zero attached hydrogens (tertiary/aromatic N) is 3. The van der Waals surface area contributed by atoms with Crippen LogP contribution in [0.15, 0.2) is 4.79 Å². The van der Waals surface area contributed by atoms with E-state index in [1.54, 1.807) is 18.9 Å². The summed E-state index contributed by atoms with van der Waals surface area (Å²) in [6.07, 6.45) is 0.839. The normalized spacial score (nSPS) is 15.9. The van der Waals surface area contributed by atoms with Gasteiger partial charge in [0, 0.05) is 32.8 Å². The van der Waals surface area contributed by atoms with Crippen LogP contribution in [0.5, 0.6) is 0 Å². The van der Waals surface area contributed by atoms with Gasteiger partial charge < -0.3 is 19.5 Å². The van der Waals surface area contributed by atoms with Crippen LogP contribution in [0.4, 0.5) is 5.82 Å². The Kier molecular flexibility index (Phi) is 14.7. The summed E-state index contributed by atoms with van der Waals surface area (Å²) in [6, 6.07) is 0.0788. The number of carbonyl (C=O) groups is 1. The number of nitrogens with one attached hydrogen (secondary N) is 1. The Morgan fingerprint density at radius 3 is 2.11 bits per heavy atom. The topological polar surface area (TPSA) is 78.5 Å². The molecule has 1 atom stereocenters. The lowest BCUT2D eigenvalue weighted by atomic mass is 10.2. The Morgan fingerprint density at radius 2 is 1.71 bits per heavy atom. The van der Waals surface area contributed by atoms with Crippen LogP contribution in [0.3, 0.4) is 0 Å². The molecular formula is C20H39ClN4O3. The first-order chi connectivity index (χ1) is 13.1. The Morgan fingerprint density at radius 1 is 1.21 bits per heavy atom. The van der Waals surface area contributed by atoms with Gasteiger partial charge in [-0.15, -0.1) is 0 Å². The number of halogens is 1. The number of rotatable bonds is 2. The number of methoxy groups -OCH3 is 1. The number of hydrogen-bond donors (Lipinski definition) is 1. The van der Waals surface area contributed by atoms with Gasteiger partial charge in [0.2, 0.25) is 6.41 Å². The van der Waals surface area contributed by atoms with Crippen LogP contribution in [0, 0.1) is 6.92 Å². The average Bonchev–Trinajstić information content (AvgIpc) is 2.68. The van der Waals surface area contributed by atoms with Crippen LogP contribution < -0.4 is 10.5 Å². The maximum atomic E-state index is 11.6. The number of amides is 1. The first-order valence-electron chi connectivity index (χ1n) is 9.86. The fraction of sp³-hybridized carbons (Fsp3) is 0.750. The second-order valence-electron chi connectivity index (χ2n) is 6.75. The monoisotopic (exact) mass is 418 g/mol. The van der Waals surface area contributed by atoms with E-state index in [0.29, 0.717) is 31.3 Å². The molecule has 0 aromatic carbocycles. The number of ether oxygens (including phenoxy) is 1. The molecule has 0 bridgehead atoms. The molecule has 1 fully saturated rings. The van der Waals surface area contributed by atoms with Crippen LogP contribution in [-0.4, -0.2) is 59.7 Å². The van der Waals surface area contributed by atoms with Gasteiger partial charge in [0.15, 0.2) is 5.82 Å². The number of carbonyl (C=O) groups excluding carboxylic acids is 1. The standard InChI is InChI=1S/C11H15ClN4O2.C5H12O.2C2H6/c1-7-5-15(6-17)3-4-16(7)10-9(12)11(18)14-8(2)13-10;1-5(2,3)6-4;2*1-2/h6-7H,3-5H2,1-2H3,(H,13,14,18);1-4H3;2*1-2H3. The largest absolute Gasteiger partial charge is 0.379 e. The lowest BCUT2D eigenvalue weighted by molar-refractivity contribution is -0.118. The molecular weight excluding hydrogens is 380 g/mol. The van der Waals surface area contributed by atoms with E-state index >= 15 is 0 Å². The second kappa shape index (κ2) is 14.4. The van der Waals surface area contributed by atoms with Gasteiger partial charge in [-0.05, 0) is 34.6 Å². The Balaban J connectivity index is 0. The van der Waals surface area contributed by atoms with E-state index in [1.807, 2.05) is 60.3 Å². The third-order valence-corrected chi connectivity index (χ3v) is 4.00. The van der Waals surface area contributed by atoms with Gasteiger partial charge in [-0.3, -0.25) is 9.59 Å². The zero-order chi connectivity index (χ0) is 22.5. The minimum atomic E-state index is -0.329. The summed E-state index contributed by atoms with van der Waals surface area (Å²) >= 11 is 6.00. The lowest BCUT2D eigenvalue weighted by Crippen LogP contribution is -2.52. The van der Waals surface area contributed by atoms with Crippen molar-refractivity contribution in [1.29, 1.82) is 0 Å². The van der Waals surface area contributed by atoms with Crippen LogP contribution in [0.1, 0.15) is 61.2 Å². The van der Waals surface area contributed by atoms with E-state index in [9.17, 15) is 9.59 Å². The smallest absolute Gasteiger partial charge is 0.271 e. The molecule has 1 aliphatic rings. The quantitative estimate of drug-likeness (QED) is 0.737. The third kappa shape index (κ3) is 10.1. The molecule has 164 valence electrons. The molecule has 0 spiro atoms. The second-order valence-corrected chi connectivity index (χ2v) is 7.13. The molecule has 1 saturated heterocycles. The highest BCUT2D eigenvalue weighted by Gasteiger charge is 2.26. The first kappa shape index (κ1) is 28.6. The van der Waals surface area contributed by atoms with E-state index in [0.717, 1.165) is 6.41 Å². The molecule has 0 aliphatic carbocycles. The van der Waals surface area contributed by atoms with E-state index in [-0.39, 0.29) is 22.2 Å².